The number of carbonyl (C=O) groups excluding carboxylic acids is 2. The molecule has 1 fully saturated rings. The molecule has 1 unspecified atom stereocenters. The molecule has 150 valence electrons. The Bertz CT molecular complexity index is 818. The van der Waals surface area contributed by atoms with Crippen LogP contribution in [-0.4, -0.2) is 43.9 Å². The second kappa shape index (κ2) is 8.88. The Kier molecular flexibility index (Phi) is 7.05. The molecule has 1 heterocycles. The van der Waals surface area contributed by atoms with Crippen LogP contribution in [0.3, 0.4) is 0 Å². The topological polar surface area (TPSA) is 104 Å². The molecule has 0 spiro atoms. The third kappa shape index (κ3) is 6.07. The first kappa shape index (κ1) is 21.4. The van der Waals surface area contributed by atoms with Crippen molar-refractivity contribution in [3.8, 4) is 0 Å². The summed E-state index contributed by atoms with van der Waals surface area (Å²) in [5.41, 5.74) is 0.309. The summed E-state index contributed by atoms with van der Waals surface area (Å²) >= 11 is 5.71. The average Bonchev–Trinajstić information content (AvgIpc) is 2.93. The van der Waals surface area contributed by atoms with E-state index < -0.39 is 39.7 Å². The highest BCUT2D eigenvalue weighted by molar-refractivity contribution is 7.91. The maximum atomic E-state index is 13.2. The minimum Gasteiger partial charge on any atom is -0.334 e. The van der Waals surface area contributed by atoms with E-state index in [4.69, 9.17) is 11.6 Å². The summed E-state index contributed by atoms with van der Waals surface area (Å²) < 4.78 is 36.2. The summed E-state index contributed by atoms with van der Waals surface area (Å²) in [5, 5.41) is 7.69. The molecule has 3 atom stereocenters. The number of anilines is 1. The minimum absolute atomic E-state index is 0.0402. The third-order valence-corrected chi connectivity index (χ3v) is 6.59. The molecule has 0 radical (unpaired) electrons. The normalized spacial score (nSPS) is 20.5. The van der Waals surface area contributed by atoms with E-state index in [0.717, 1.165) is 6.07 Å². The summed E-state index contributed by atoms with van der Waals surface area (Å²) in [6.45, 7) is 3.69. The standard InChI is InChI=1S/C17H23ClFN3O4S/c1-3-10(2)15(16(23)20-11-4-5-14(19)13(18)8-11)22-17(24)21-12-6-7-27(25,26)9-12/h4-5,8,10,12,15H,3,6-7,9H2,1-2H3,(H,20,23)(H2,21,22,24)/t10-,12?,15+/m1/s1. The van der Waals surface area contributed by atoms with E-state index >= 15 is 0 Å². The van der Waals surface area contributed by atoms with Gasteiger partial charge in [-0.25, -0.2) is 17.6 Å². The van der Waals surface area contributed by atoms with Gasteiger partial charge in [0.1, 0.15) is 11.9 Å². The van der Waals surface area contributed by atoms with Crippen molar-refractivity contribution in [2.75, 3.05) is 16.8 Å². The summed E-state index contributed by atoms with van der Waals surface area (Å²) in [6, 6.07) is 1.87. The van der Waals surface area contributed by atoms with Crippen molar-refractivity contribution >= 4 is 39.1 Å². The average molecular weight is 420 g/mol. The van der Waals surface area contributed by atoms with Crippen LogP contribution in [0.5, 0.6) is 0 Å². The van der Waals surface area contributed by atoms with Crippen molar-refractivity contribution in [3.05, 3.63) is 29.0 Å². The molecule has 7 nitrogen and oxygen atoms in total. The number of benzene rings is 1. The number of carbonyl (C=O) groups is 2. The molecule has 1 aliphatic rings. The molecule has 0 aromatic heterocycles. The smallest absolute Gasteiger partial charge is 0.315 e. The van der Waals surface area contributed by atoms with E-state index in [1.807, 2.05) is 13.8 Å². The maximum Gasteiger partial charge on any atom is 0.315 e. The fourth-order valence-corrected chi connectivity index (χ4v) is 4.63. The molecule has 1 aliphatic heterocycles. The lowest BCUT2D eigenvalue weighted by Crippen LogP contribution is -2.53. The van der Waals surface area contributed by atoms with Crippen LogP contribution >= 0.6 is 11.6 Å². The fourth-order valence-electron chi connectivity index (χ4n) is 2.77. The molecular formula is C17H23ClFN3O4S. The van der Waals surface area contributed by atoms with Crippen LogP contribution in [0.1, 0.15) is 26.7 Å². The highest BCUT2D eigenvalue weighted by Gasteiger charge is 2.31. The minimum atomic E-state index is -3.12. The van der Waals surface area contributed by atoms with Gasteiger partial charge in [0.2, 0.25) is 5.91 Å². The van der Waals surface area contributed by atoms with Gasteiger partial charge >= 0.3 is 6.03 Å². The van der Waals surface area contributed by atoms with Crippen LogP contribution in [-0.2, 0) is 14.6 Å². The Morgan fingerprint density at radius 3 is 2.63 bits per heavy atom. The molecule has 1 aromatic rings. The molecule has 2 rings (SSSR count). The number of halogens is 2. The van der Waals surface area contributed by atoms with Crippen LogP contribution in [0.25, 0.3) is 0 Å². The Morgan fingerprint density at radius 2 is 2.07 bits per heavy atom. The molecule has 1 saturated heterocycles. The van der Waals surface area contributed by atoms with E-state index in [-0.39, 0.29) is 22.4 Å². The quantitative estimate of drug-likeness (QED) is 0.658. The van der Waals surface area contributed by atoms with Gasteiger partial charge in [-0.15, -0.1) is 0 Å². The number of sulfone groups is 1. The second-order valence-electron chi connectivity index (χ2n) is 6.70. The highest BCUT2D eigenvalue weighted by Crippen LogP contribution is 2.20. The summed E-state index contributed by atoms with van der Waals surface area (Å²) in [6.07, 6.45) is 0.977. The van der Waals surface area contributed by atoms with Gasteiger partial charge in [0.25, 0.3) is 0 Å². The Balaban J connectivity index is 2.02. The summed E-state index contributed by atoms with van der Waals surface area (Å²) in [7, 11) is -3.12. The van der Waals surface area contributed by atoms with Crippen molar-refractivity contribution in [2.45, 2.75) is 38.8 Å². The van der Waals surface area contributed by atoms with E-state index in [9.17, 15) is 22.4 Å². The van der Waals surface area contributed by atoms with Crippen molar-refractivity contribution < 1.29 is 22.4 Å². The SMILES string of the molecule is CC[C@@H](C)[C@H](NC(=O)NC1CCS(=O)(=O)C1)C(=O)Nc1ccc(F)c(Cl)c1. The van der Waals surface area contributed by atoms with Gasteiger partial charge in [0, 0.05) is 11.7 Å². The van der Waals surface area contributed by atoms with Gasteiger partial charge in [0.15, 0.2) is 9.84 Å². The van der Waals surface area contributed by atoms with Crippen LogP contribution in [0.4, 0.5) is 14.9 Å². The number of amides is 3. The van der Waals surface area contributed by atoms with Crippen LogP contribution < -0.4 is 16.0 Å². The lowest BCUT2D eigenvalue weighted by atomic mass is 9.98. The largest absolute Gasteiger partial charge is 0.334 e. The molecular weight excluding hydrogens is 397 g/mol. The number of nitrogens with one attached hydrogen (secondary N) is 3. The van der Waals surface area contributed by atoms with Gasteiger partial charge in [-0.1, -0.05) is 31.9 Å². The molecule has 27 heavy (non-hydrogen) atoms. The Hall–Kier alpha value is -1.87. The van der Waals surface area contributed by atoms with E-state index in [2.05, 4.69) is 16.0 Å². The van der Waals surface area contributed by atoms with Gasteiger partial charge in [-0.05, 0) is 30.5 Å². The van der Waals surface area contributed by atoms with Gasteiger partial charge < -0.3 is 16.0 Å². The number of rotatable bonds is 6. The molecule has 10 heteroatoms. The maximum absolute atomic E-state index is 13.2. The van der Waals surface area contributed by atoms with E-state index in [1.54, 1.807) is 0 Å². The Morgan fingerprint density at radius 1 is 1.37 bits per heavy atom. The zero-order valence-corrected chi connectivity index (χ0v) is 16.7. The summed E-state index contributed by atoms with van der Waals surface area (Å²) in [4.78, 5) is 24.8. The lowest BCUT2D eigenvalue weighted by Gasteiger charge is -2.24. The van der Waals surface area contributed by atoms with E-state index in [0.29, 0.717) is 18.5 Å². The molecule has 0 saturated carbocycles. The first-order chi connectivity index (χ1) is 12.6. The lowest BCUT2D eigenvalue weighted by molar-refractivity contribution is -0.119. The number of urea groups is 1. The van der Waals surface area contributed by atoms with Crippen molar-refractivity contribution in [1.82, 2.24) is 10.6 Å². The first-order valence-corrected chi connectivity index (χ1v) is 10.8. The first-order valence-electron chi connectivity index (χ1n) is 8.64. The monoisotopic (exact) mass is 419 g/mol. The highest BCUT2D eigenvalue weighted by atomic mass is 35.5. The van der Waals surface area contributed by atoms with Crippen LogP contribution in [0.2, 0.25) is 5.02 Å². The van der Waals surface area contributed by atoms with Crippen LogP contribution in [0.15, 0.2) is 18.2 Å². The number of hydrogen-bond donors (Lipinski definition) is 3. The zero-order chi connectivity index (χ0) is 20.2. The van der Waals surface area contributed by atoms with Crippen molar-refractivity contribution in [2.24, 2.45) is 5.92 Å². The second-order valence-corrected chi connectivity index (χ2v) is 9.34. The van der Waals surface area contributed by atoms with Crippen molar-refractivity contribution in [1.29, 1.82) is 0 Å². The number of hydrogen-bond acceptors (Lipinski definition) is 4. The van der Waals surface area contributed by atoms with E-state index in [1.165, 1.54) is 12.1 Å². The predicted molar refractivity (Wildman–Crippen MR) is 102 cm³/mol. The van der Waals surface area contributed by atoms with Gasteiger partial charge in [0.05, 0.1) is 16.5 Å². The molecule has 0 bridgehead atoms. The Labute approximate surface area is 163 Å². The molecule has 3 N–H and O–H groups in total. The van der Waals surface area contributed by atoms with Crippen LogP contribution in [0, 0.1) is 11.7 Å². The third-order valence-electron chi connectivity index (χ3n) is 4.54. The molecule has 0 aliphatic carbocycles. The molecule has 3 amide bonds. The zero-order valence-electron chi connectivity index (χ0n) is 15.1. The fraction of sp³-hybridized carbons (Fsp3) is 0.529. The molecule has 1 aromatic carbocycles. The van der Waals surface area contributed by atoms with Gasteiger partial charge in [-0.3, -0.25) is 4.79 Å². The van der Waals surface area contributed by atoms with Gasteiger partial charge in [-0.2, -0.15) is 0 Å². The van der Waals surface area contributed by atoms with Crippen molar-refractivity contribution in [3.63, 3.8) is 0 Å². The summed E-state index contributed by atoms with van der Waals surface area (Å²) in [5.74, 6) is -1.31. The predicted octanol–water partition coefficient (Wildman–Crippen LogP) is 2.32.